The van der Waals surface area contributed by atoms with Gasteiger partial charge in [0, 0.05) is 31.4 Å². The van der Waals surface area contributed by atoms with Gasteiger partial charge in [-0.3, -0.25) is 14.5 Å². The molecule has 0 aromatic heterocycles. The number of carbonyl (C=O) groups is 2. The third-order valence-electron chi connectivity index (χ3n) is 3.89. The van der Waals surface area contributed by atoms with Crippen LogP contribution in [0.1, 0.15) is 6.42 Å². The lowest BCUT2D eigenvalue weighted by Crippen LogP contribution is -2.39. The normalized spacial score (nSPS) is 14.6. The summed E-state index contributed by atoms with van der Waals surface area (Å²) in [6.07, 6.45) is 0.787. The molecule has 8 heteroatoms. The first-order valence-electron chi connectivity index (χ1n) is 8.25. The minimum Gasteiger partial charge on any atom is -0.493 e. The zero-order chi connectivity index (χ0) is 18.1. The van der Waals surface area contributed by atoms with Crippen molar-refractivity contribution in [3.63, 3.8) is 0 Å². The summed E-state index contributed by atoms with van der Waals surface area (Å²) in [5.41, 5.74) is 0.464. The average Bonchev–Trinajstić information content (AvgIpc) is 2.65. The Bertz CT molecular complexity index is 588. The molecule has 1 aliphatic heterocycles. The fourth-order valence-electron chi connectivity index (χ4n) is 2.51. The van der Waals surface area contributed by atoms with E-state index in [-0.39, 0.29) is 0 Å². The summed E-state index contributed by atoms with van der Waals surface area (Å²) in [6.45, 7) is 4.65. The molecular formula is C17H25N3O5. The van der Waals surface area contributed by atoms with E-state index >= 15 is 0 Å². The summed E-state index contributed by atoms with van der Waals surface area (Å²) >= 11 is 0. The first-order chi connectivity index (χ1) is 12.1. The van der Waals surface area contributed by atoms with Gasteiger partial charge < -0.3 is 24.8 Å². The third kappa shape index (κ3) is 5.91. The van der Waals surface area contributed by atoms with Crippen LogP contribution in [0.4, 0.5) is 5.69 Å². The van der Waals surface area contributed by atoms with Gasteiger partial charge in [0.15, 0.2) is 11.5 Å². The molecule has 0 spiro atoms. The van der Waals surface area contributed by atoms with E-state index in [2.05, 4.69) is 15.5 Å². The van der Waals surface area contributed by atoms with E-state index in [9.17, 15) is 9.59 Å². The monoisotopic (exact) mass is 351 g/mol. The van der Waals surface area contributed by atoms with Crippen LogP contribution in [-0.4, -0.2) is 70.3 Å². The topological polar surface area (TPSA) is 89.1 Å². The summed E-state index contributed by atoms with van der Waals surface area (Å²) in [4.78, 5) is 26.1. The van der Waals surface area contributed by atoms with E-state index in [0.29, 0.717) is 23.7 Å². The van der Waals surface area contributed by atoms with Crippen molar-refractivity contribution in [3.05, 3.63) is 18.2 Å². The van der Waals surface area contributed by atoms with E-state index in [4.69, 9.17) is 14.2 Å². The number of amides is 2. The molecule has 2 N–H and O–H groups in total. The van der Waals surface area contributed by atoms with Gasteiger partial charge in [-0.05, 0) is 25.1 Å². The van der Waals surface area contributed by atoms with E-state index < -0.39 is 11.8 Å². The molecule has 1 aromatic carbocycles. The molecule has 0 atom stereocenters. The lowest BCUT2D eigenvalue weighted by molar-refractivity contribution is -0.136. The van der Waals surface area contributed by atoms with Gasteiger partial charge in [0.05, 0.1) is 27.4 Å². The first-order valence-corrected chi connectivity index (χ1v) is 8.25. The summed E-state index contributed by atoms with van der Waals surface area (Å²) in [6, 6.07) is 4.90. The van der Waals surface area contributed by atoms with E-state index in [1.54, 1.807) is 18.2 Å². The number of nitrogens with one attached hydrogen (secondary N) is 2. The second-order valence-corrected chi connectivity index (χ2v) is 5.59. The Balaban J connectivity index is 1.73. The zero-order valence-corrected chi connectivity index (χ0v) is 14.7. The van der Waals surface area contributed by atoms with Gasteiger partial charge in [0.2, 0.25) is 0 Å². The molecule has 0 bridgehead atoms. The Morgan fingerprint density at radius 3 is 2.52 bits per heavy atom. The molecule has 0 aliphatic carbocycles. The van der Waals surface area contributed by atoms with Crippen LogP contribution in [0.15, 0.2) is 18.2 Å². The number of methoxy groups -OCH3 is 2. The average molecular weight is 351 g/mol. The fraction of sp³-hybridized carbons (Fsp3) is 0.529. The maximum absolute atomic E-state index is 11.9. The molecule has 2 rings (SSSR count). The van der Waals surface area contributed by atoms with Gasteiger partial charge in [-0.15, -0.1) is 0 Å². The predicted octanol–water partition coefficient (Wildman–Crippen LogP) is 0.481. The molecule has 0 radical (unpaired) electrons. The molecule has 1 fully saturated rings. The zero-order valence-electron chi connectivity index (χ0n) is 14.7. The number of anilines is 1. The predicted molar refractivity (Wildman–Crippen MR) is 93.1 cm³/mol. The summed E-state index contributed by atoms with van der Waals surface area (Å²) in [7, 11) is 3.03. The van der Waals surface area contributed by atoms with Gasteiger partial charge in [-0.25, -0.2) is 0 Å². The largest absolute Gasteiger partial charge is 0.493 e. The Hall–Kier alpha value is -2.32. The lowest BCUT2D eigenvalue weighted by Gasteiger charge is -2.26. The molecule has 8 nitrogen and oxygen atoms in total. The highest BCUT2D eigenvalue weighted by atomic mass is 16.5. The first kappa shape index (κ1) is 19.0. The second kappa shape index (κ2) is 9.85. The molecule has 1 aliphatic rings. The maximum atomic E-state index is 11.9. The van der Waals surface area contributed by atoms with Gasteiger partial charge in [-0.1, -0.05) is 0 Å². The summed E-state index contributed by atoms with van der Waals surface area (Å²) in [5, 5.41) is 5.17. The molecule has 2 amide bonds. The Morgan fingerprint density at radius 1 is 1.12 bits per heavy atom. The highest BCUT2D eigenvalue weighted by molar-refractivity contribution is 6.39. The summed E-state index contributed by atoms with van der Waals surface area (Å²) < 4.78 is 15.6. The summed E-state index contributed by atoms with van der Waals surface area (Å²) in [5.74, 6) is -0.338. The highest BCUT2D eigenvalue weighted by Gasteiger charge is 2.15. The SMILES string of the molecule is COc1ccc(NC(=O)C(=O)NCCCN2CCOCC2)cc1OC. The quantitative estimate of drug-likeness (QED) is 0.549. The van der Waals surface area contributed by atoms with Crippen molar-refractivity contribution >= 4 is 17.5 Å². The van der Waals surface area contributed by atoms with Crippen LogP contribution in [0, 0.1) is 0 Å². The number of morpholine rings is 1. The van der Waals surface area contributed by atoms with Crippen LogP contribution in [-0.2, 0) is 14.3 Å². The molecule has 0 unspecified atom stereocenters. The number of hydrogen-bond donors (Lipinski definition) is 2. The van der Waals surface area contributed by atoms with Gasteiger partial charge in [0.1, 0.15) is 0 Å². The number of nitrogens with zero attached hydrogens (tertiary/aromatic N) is 1. The highest BCUT2D eigenvalue weighted by Crippen LogP contribution is 2.29. The molecule has 138 valence electrons. The van der Waals surface area contributed by atoms with Crippen LogP contribution in [0.2, 0.25) is 0 Å². The van der Waals surface area contributed by atoms with Crippen molar-refractivity contribution in [1.82, 2.24) is 10.2 Å². The van der Waals surface area contributed by atoms with Crippen LogP contribution >= 0.6 is 0 Å². The number of ether oxygens (including phenoxy) is 3. The molecule has 1 saturated heterocycles. The lowest BCUT2D eigenvalue weighted by atomic mass is 10.2. The van der Waals surface area contributed by atoms with Crippen molar-refractivity contribution in [3.8, 4) is 11.5 Å². The number of rotatable bonds is 7. The molecule has 1 aromatic rings. The molecule has 1 heterocycles. The van der Waals surface area contributed by atoms with E-state index in [1.165, 1.54) is 14.2 Å². The van der Waals surface area contributed by atoms with Crippen LogP contribution in [0.5, 0.6) is 11.5 Å². The Morgan fingerprint density at radius 2 is 1.84 bits per heavy atom. The smallest absolute Gasteiger partial charge is 0.313 e. The minimum absolute atomic E-state index is 0.454. The van der Waals surface area contributed by atoms with Crippen molar-refractivity contribution in [2.24, 2.45) is 0 Å². The van der Waals surface area contributed by atoms with Crippen molar-refractivity contribution in [2.45, 2.75) is 6.42 Å². The van der Waals surface area contributed by atoms with Gasteiger partial charge in [0.25, 0.3) is 0 Å². The molecule has 0 saturated carbocycles. The fourth-order valence-corrected chi connectivity index (χ4v) is 2.51. The van der Waals surface area contributed by atoms with Crippen molar-refractivity contribution in [1.29, 1.82) is 0 Å². The van der Waals surface area contributed by atoms with Crippen molar-refractivity contribution < 1.29 is 23.8 Å². The molecular weight excluding hydrogens is 326 g/mol. The molecule has 25 heavy (non-hydrogen) atoms. The number of hydrogen-bond acceptors (Lipinski definition) is 6. The van der Waals surface area contributed by atoms with E-state index in [0.717, 1.165) is 39.3 Å². The van der Waals surface area contributed by atoms with Crippen LogP contribution in [0.25, 0.3) is 0 Å². The number of benzene rings is 1. The number of carbonyl (C=O) groups excluding carboxylic acids is 2. The Labute approximate surface area is 147 Å². The van der Waals surface area contributed by atoms with Crippen molar-refractivity contribution in [2.75, 3.05) is 58.9 Å². The Kier molecular flexibility index (Phi) is 7.49. The third-order valence-corrected chi connectivity index (χ3v) is 3.89. The maximum Gasteiger partial charge on any atom is 0.313 e. The van der Waals surface area contributed by atoms with E-state index in [1.807, 2.05) is 0 Å². The van der Waals surface area contributed by atoms with Gasteiger partial charge >= 0.3 is 11.8 Å². The van der Waals surface area contributed by atoms with Crippen LogP contribution < -0.4 is 20.1 Å². The minimum atomic E-state index is -0.710. The second-order valence-electron chi connectivity index (χ2n) is 5.59. The standard InChI is InChI=1S/C17H25N3O5/c1-23-14-5-4-13(12-15(14)24-2)19-17(22)16(21)18-6-3-7-20-8-10-25-11-9-20/h4-5,12H,3,6-11H2,1-2H3,(H,18,21)(H,19,22). The van der Waals surface area contributed by atoms with Crippen LogP contribution in [0.3, 0.4) is 0 Å². The van der Waals surface area contributed by atoms with Gasteiger partial charge in [-0.2, -0.15) is 0 Å².